The van der Waals surface area contributed by atoms with Crippen molar-refractivity contribution in [2.24, 2.45) is 0 Å². The van der Waals surface area contributed by atoms with Gasteiger partial charge in [-0.25, -0.2) is 0 Å². The van der Waals surface area contributed by atoms with Crippen molar-refractivity contribution in [2.75, 3.05) is 31.6 Å². The summed E-state index contributed by atoms with van der Waals surface area (Å²) in [7, 11) is 0. The zero-order chi connectivity index (χ0) is 14.9. The molecule has 21 heavy (non-hydrogen) atoms. The van der Waals surface area contributed by atoms with Gasteiger partial charge in [-0.15, -0.1) is 0 Å². The first-order valence-corrected chi connectivity index (χ1v) is 7.40. The van der Waals surface area contributed by atoms with Crippen molar-refractivity contribution in [1.29, 1.82) is 5.26 Å². The van der Waals surface area contributed by atoms with Crippen molar-refractivity contribution in [3.05, 3.63) is 24.3 Å². The van der Waals surface area contributed by atoms with Crippen LogP contribution in [0.1, 0.15) is 25.7 Å². The number of carbonyl (C=O) groups is 1. The number of hydrogen-bond acceptors (Lipinski definition) is 4. The SMILES string of the molecule is N#CCC(=O)Nc1ccccc1OCCN1CCCCC1. The number of carbonyl (C=O) groups excluding carboxylic acids is 1. The minimum absolute atomic E-state index is 0.151. The van der Waals surface area contributed by atoms with E-state index in [-0.39, 0.29) is 12.3 Å². The molecule has 1 N–H and O–H groups in total. The highest BCUT2D eigenvalue weighted by Gasteiger charge is 2.11. The number of amides is 1. The molecule has 1 aliphatic heterocycles. The van der Waals surface area contributed by atoms with Crippen LogP contribution in [0.15, 0.2) is 24.3 Å². The van der Waals surface area contributed by atoms with Crippen molar-refractivity contribution in [2.45, 2.75) is 25.7 Å². The smallest absolute Gasteiger partial charge is 0.238 e. The monoisotopic (exact) mass is 287 g/mol. The van der Waals surface area contributed by atoms with E-state index in [4.69, 9.17) is 10.00 Å². The van der Waals surface area contributed by atoms with Crippen molar-refractivity contribution in [3.63, 3.8) is 0 Å². The van der Waals surface area contributed by atoms with E-state index >= 15 is 0 Å². The molecule has 5 nitrogen and oxygen atoms in total. The number of benzene rings is 1. The van der Waals surface area contributed by atoms with E-state index in [2.05, 4.69) is 10.2 Å². The van der Waals surface area contributed by atoms with E-state index in [0.717, 1.165) is 19.6 Å². The maximum absolute atomic E-state index is 11.5. The number of ether oxygens (including phenoxy) is 1. The fourth-order valence-electron chi connectivity index (χ4n) is 2.43. The normalized spacial score (nSPS) is 15.2. The minimum atomic E-state index is -0.315. The summed E-state index contributed by atoms with van der Waals surface area (Å²) in [5, 5.41) is 11.2. The number of piperidine rings is 1. The summed E-state index contributed by atoms with van der Waals surface area (Å²) in [6.07, 6.45) is 3.70. The van der Waals surface area contributed by atoms with Gasteiger partial charge >= 0.3 is 0 Å². The molecule has 1 aliphatic rings. The van der Waals surface area contributed by atoms with Gasteiger partial charge < -0.3 is 10.1 Å². The number of para-hydroxylation sites is 2. The second kappa shape index (κ2) is 8.28. The summed E-state index contributed by atoms with van der Waals surface area (Å²) in [6, 6.07) is 9.15. The first kappa shape index (κ1) is 15.3. The van der Waals surface area contributed by atoms with Gasteiger partial charge in [0.1, 0.15) is 18.8 Å². The summed E-state index contributed by atoms with van der Waals surface area (Å²) in [6.45, 7) is 3.79. The fraction of sp³-hybridized carbons (Fsp3) is 0.500. The van der Waals surface area contributed by atoms with Gasteiger partial charge in [-0.3, -0.25) is 9.69 Å². The topological polar surface area (TPSA) is 65.4 Å². The number of nitriles is 1. The predicted octanol–water partition coefficient (Wildman–Crippen LogP) is 2.40. The van der Waals surface area contributed by atoms with Crippen molar-refractivity contribution in [1.82, 2.24) is 4.90 Å². The first-order valence-electron chi connectivity index (χ1n) is 7.40. The Morgan fingerprint density at radius 3 is 2.81 bits per heavy atom. The molecule has 0 spiro atoms. The lowest BCUT2D eigenvalue weighted by atomic mass is 10.1. The fourth-order valence-corrected chi connectivity index (χ4v) is 2.43. The average molecular weight is 287 g/mol. The lowest BCUT2D eigenvalue weighted by Gasteiger charge is -2.26. The van der Waals surface area contributed by atoms with Gasteiger partial charge in [0.25, 0.3) is 0 Å². The van der Waals surface area contributed by atoms with E-state index in [1.165, 1.54) is 19.3 Å². The number of anilines is 1. The van der Waals surface area contributed by atoms with Crippen molar-refractivity contribution >= 4 is 11.6 Å². The van der Waals surface area contributed by atoms with Crippen molar-refractivity contribution in [3.8, 4) is 11.8 Å². The van der Waals surface area contributed by atoms with Crippen LogP contribution in [-0.4, -0.2) is 37.0 Å². The summed E-state index contributed by atoms with van der Waals surface area (Å²) in [5.74, 6) is 0.338. The summed E-state index contributed by atoms with van der Waals surface area (Å²) in [5.41, 5.74) is 0.622. The van der Waals surface area contributed by atoms with Crippen molar-refractivity contribution < 1.29 is 9.53 Å². The van der Waals surface area contributed by atoms with Gasteiger partial charge in [-0.1, -0.05) is 18.6 Å². The Balaban J connectivity index is 1.84. The van der Waals surface area contributed by atoms with Crippen LogP contribution in [0.4, 0.5) is 5.69 Å². The predicted molar refractivity (Wildman–Crippen MR) is 81.1 cm³/mol. The molecule has 1 amide bonds. The van der Waals surface area contributed by atoms with Crippen LogP contribution in [-0.2, 0) is 4.79 Å². The van der Waals surface area contributed by atoms with E-state index in [0.29, 0.717) is 18.0 Å². The van der Waals surface area contributed by atoms with E-state index in [9.17, 15) is 4.79 Å². The third kappa shape index (κ3) is 5.09. The maximum atomic E-state index is 11.5. The van der Waals surface area contributed by atoms with Gasteiger partial charge in [-0.2, -0.15) is 5.26 Å². The number of nitrogens with one attached hydrogen (secondary N) is 1. The number of rotatable bonds is 6. The number of likely N-dealkylation sites (tertiary alicyclic amines) is 1. The summed E-state index contributed by atoms with van der Waals surface area (Å²) >= 11 is 0. The summed E-state index contributed by atoms with van der Waals surface area (Å²) < 4.78 is 5.78. The zero-order valence-corrected chi connectivity index (χ0v) is 12.2. The van der Waals surface area contributed by atoms with Crippen LogP contribution in [0.25, 0.3) is 0 Å². The van der Waals surface area contributed by atoms with Gasteiger partial charge in [-0.05, 0) is 38.1 Å². The lowest BCUT2D eigenvalue weighted by Crippen LogP contribution is -2.33. The van der Waals surface area contributed by atoms with E-state index < -0.39 is 0 Å². The molecular formula is C16H21N3O2. The molecule has 0 aliphatic carbocycles. The van der Waals surface area contributed by atoms with Crippen LogP contribution in [0.3, 0.4) is 0 Å². The highest BCUT2D eigenvalue weighted by Crippen LogP contribution is 2.23. The molecular weight excluding hydrogens is 266 g/mol. The molecule has 1 aromatic rings. The minimum Gasteiger partial charge on any atom is -0.490 e. The molecule has 0 bridgehead atoms. The Labute approximate surface area is 125 Å². The van der Waals surface area contributed by atoms with Gasteiger partial charge in [0, 0.05) is 6.54 Å². The molecule has 0 aromatic heterocycles. The largest absolute Gasteiger partial charge is 0.490 e. The Hall–Kier alpha value is -2.06. The lowest BCUT2D eigenvalue weighted by molar-refractivity contribution is -0.115. The van der Waals surface area contributed by atoms with Crippen LogP contribution < -0.4 is 10.1 Å². The highest BCUT2D eigenvalue weighted by atomic mass is 16.5. The summed E-state index contributed by atoms with van der Waals surface area (Å²) in [4.78, 5) is 13.9. The third-order valence-electron chi connectivity index (χ3n) is 3.51. The molecule has 5 heteroatoms. The second-order valence-corrected chi connectivity index (χ2v) is 5.13. The van der Waals surface area contributed by atoms with Crippen LogP contribution in [0.2, 0.25) is 0 Å². The van der Waals surface area contributed by atoms with Gasteiger partial charge in [0.05, 0.1) is 11.8 Å². The third-order valence-corrected chi connectivity index (χ3v) is 3.51. The van der Waals surface area contributed by atoms with E-state index in [1.54, 1.807) is 6.07 Å². The maximum Gasteiger partial charge on any atom is 0.238 e. The number of nitrogens with zero attached hydrogens (tertiary/aromatic N) is 2. The molecule has 0 saturated carbocycles. The van der Waals surface area contributed by atoms with Crippen LogP contribution in [0, 0.1) is 11.3 Å². The molecule has 1 heterocycles. The second-order valence-electron chi connectivity index (χ2n) is 5.13. The Bertz CT molecular complexity index is 504. The number of hydrogen-bond donors (Lipinski definition) is 1. The highest BCUT2D eigenvalue weighted by molar-refractivity contribution is 5.93. The van der Waals surface area contributed by atoms with Gasteiger partial charge in [0.15, 0.2) is 0 Å². The molecule has 1 aromatic carbocycles. The quantitative estimate of drug-likeness (QED) is 0.872. The van der Waals surface area contributed by atoms with Gasteiger partial charge in [0.2, 0.25) is 5.91 Å². The Morgan fingerprint density at radius 2 is 2.05 bits per heavy atom. The molecule has 0 radical (unpaired) electrons. The Morgan fingerprint density at radius 1 is 1.29 bits per heavy atom. The molecule has 0 atom stereocenters. The Kier molecular flexibility index (Phi) is 6.04. The van der Waals surface area contributed by atoms with E-state index in [1.807, 2.05) is 24.3 Å². The standard InChI is InChI=1S/C16H21N3O2/c17-9-8-16(20)18-14-6-2-3-7-15(14)21-13-12-19-10-4-1-5-11-19/h2-3,6-7H,1,4-5,8,10-13H2,(H,18,20). The average Bonchev–Trinajstić information content (AvgIpc) is 2.50. The molecule has 2 rings (SSSR count). The molecule has 112 valence electrons. The molecule has 0 unspecified atom stereocenters. The molecule has 1 saturated heterocycles. The molecule has 1 fully saturated rings. The van der Waals surface area contributed by atoms with Crippen LogP contribution in [0.5, 0.6) is 5.75 Å². The first-order chi connectivity index (χ1) is 10.3. The zero-order valence-electron chi connectivity index (χ0n) is 12.2. The van der Waals surface area contributed by atoms with Crippen LogP contribution >= 0.6 is 0 Å².